The molecule has 0 aliphatic heterocycles. The lowest BCUT2D eigenvalue weighted by Gasteiger charge is -2.04. The predicted octanol–water partition coefficient (Wildman–Crippen LogP) is 4.88. The lowest BCUT2D eigenvalue weighted by Crippen LogP contribution is -1.97. The molecule has 0 fully saturated rings. The van der Waals surface area contributed by atoms with Gasteiger partial charge in [-0.3, -0.25) is 4.79 Å². The zero-order valence-corrected chi connectivity index (χ0v) is 14.3. The van der Waals surface area contributed by atoms with Gasteiger partial charge in [0.05, 0.1) is 16.6 Å². The molecule has 4 nitrogen and oxygen atoms in total. The van der Waals surface area contributed by atoms with Crippen LogP contribution < -0.4 is 4.74 Å². The van der Waals surface area contributed by atoms with Crippen LogP contribution in [0.4, 0.5) is 0 Å². The van der Waals surface area contributed by atoms with Gasteiger partial charge in [0.2, 0.25) is 0 Å². The van der Waals surface area contributed by atoms with Gasteiger partial charge in [-0.15, -0.1) is 11.3 Å². The second-order valence-electron chi connectivity index (χ2n) is 5.40. The van der Waals surface area contributed by atoms with Gasteiger partial charge >= 0.3 is 5.97 Å². The van der Waals surface area contributed by atoms with Gasteiger partial charge in [0.25, 0.3) is 0 Å². The van der Waals surface area contributed by atoms with Crippen molar-refractivity contribution in [3.05, 3.63) is 71.8 Å². The number of carbonyl (C=O) groups is 1. The molecule has 0 spiro atoms. The molecule has 0 saturated heterocycles. The lowest BCUT2D eigenvalue weighted by atomic mass is 10.1. The quantitative estimate of drug-likeness (QED) is 0.617. The lowest BCUT2D eigenvalue weighted by molar-refractivity contribution is -0.135. The van der Waals surface area contributed by atoms with Crippen molar-refractivity contribution in [1.29, 1.82) is 0 Å². The number of para-hydroxylation sites is 1. The number of aromatic nitrogens is 1. The molecule has 5 heteroatoms. The summed E-state index contributed by atoms with van der Waals surface area (Å²) in [7, 11) is 0. The van der Waals surface area contributed by atoms with Crippen LogP contribution >= 0.6 is 11.3 Å². The molecule has 0 aliphatic rings. The predicted molar refractivity (Wildman–Crippen MR) is 102 cm³/mol. The van der Waals surface area contributed by atoms with Gasteiger partial charge in [-0.25, -0.2) is 4.98 Å². The third-order valence-electron chi connectivity index (χ3n) is 3.50. The Balaban J connectivity index is 1.93. The van der Waals surface area contributed by atoms with Crippen molar-refractivity contribution in [3.8, 4) is 5.75 Å². The summed E-state index contributed by atoms with van der Waals surface area (Å²) in [6.07, 6.45) is 3.48. The van der Waals surface area contributed by atoms with Crippen LogP contribution in [0, 0.1) is 0 Å². The Labute approximate surface area is 149 Å². The first kappa shape index (κ1) is 16.9. The summed E-state index contributed by atoms with van der Waals surface area (Å²) in [5.41, 5.74) is 2.47. The molecule has 3 rings (SSSR count). The summed E-state index contributed by atoms with van der Waals surface area (Å²) in [4.78, 5) is 15.8. The van der Waals surface area contributed by atoms with Crippen LogP contribution in [0.2, 0.25) is 0 Å². The molecular formula is C20H17NO3S. The number of carboxylic acids is 1. The summed E-state index contributed by atoms with van der Waals surface area (Å²) < 4.78 is 6.50. The van der Waals surface area contributed by atoms with Gasteiger partial charge < -0.3 is 9.84 Å². The minimum absolute atomic E-state index is 0.0749. The summed E-state index contributed by atoms with van der Waals surface area (Å²) in [6, 6.07) is 15.3. The average molecular weight is 351 g/mol. The van der Waals surface area contributed by atoms with E-state index in [1.165, 1.54) is 11.3 Å². The Morgan fingerprint density at radius 1 is 1.20 bits per heavy atom. The molecule has 25 heavy (non-hydrogen) atoms. The largest absolute Gasteiger partial charge is 0.490 e. The number of ether oxygens (including phenoxy) is 1. The van der Waals surface area contributed by atoms with Crippen LogP contribution in [-0.4, -0.2) is 22.7 Å². The molecule has 0 aliphatic carbocycles. The van der Waals surface area contributed by atoms with Crippen molar-refractivity contribution in [2.45, 2.75) is 6.42 Å². The minimum Gasteiger partial charge on any atom is -0.490 e. The van der Waals surface area contributed by atoms with Crippen LogP contribution in [0.3, 0.4) is 0 Å². The number of hydrogen-bond acceptors (Lipinski definition) is 4. The molecule has 126 valence electrons. The molecule has 0 saturated carbocycles. The van der Waals surface area contributed by atoms with E-state index in [4.69, 9.17) is 4.74 Å². The van der Waals surface area contributed by atoms with E-state index in [0.29, 0.717) is 12.2 Å². The first-order valence-corrected chi connectivity index (χ1v) is 8.59. The van der Waals surface area contributed by atoms with E-state index >= 15 is 0 Å². The highest BCUT2D eigenvalue weighted by Gasteiger charge is 2.12. The van der Waals surface area contributed by atoms with Gasteiger partial charge in [-0.2, -0.15) is 0 Å². The number of benzene rings is 2. The molecule has 0 amide bonds. The second-order valence-corrected chi connectivity index (χ2v) is 6.43. The second kappa shape index (κ2) is 7.77. The number of rotatable bonds is 7. The van der Waals surface area contributed by atoms with Crippen molar-refractivity contribution in [2.24, 2.45) is 0 Å². The molecule has 0 bridgehead atoms. The van der Waals surface area contributed by atoms with E-state index in [1.807, 2.05) is 54.6 Å². The monoisotopic (exact) mass is 351 g/mol. The highest BCUT2D eigenvalue weighted by molar-refractivity contribution is 7.19. The number of hydrogen-bond donors (Lipinski definition) is 1. The molecule has 2 aromatic carbocycles. The van der Waals surface area contributed by atoms with E-state index in [9.17, 15) is 9.90 Å². The molecule has 3 aromatic rings. The first-order valence-electron chi connectivity index (χ1n) is 7.78. The third-order valence-corrected chi connectivity index (χ3v) is 4.61. The zero-order valence-electron chi connectivity index (χ0n) is 13.5. The molecular weight excluding hydrogens is 334 g/mol. The maximum absolute atomic E-state index is 11.3. The maximum Gasteiger partial charge on any atom is 0.307 e. The number of carboxylic acid groups (broad SMARTS) is 1. The normalized spacial score (nSPS) is 11.4. The molecule has 0 radical (unpaired) electrons. The maximum atomic E-state index is 11.3. The topological polar surface area (TPSA) is 59.4 Å². The van der Waals surface area contributed by atoms with E-state index < -0.39 is 5.97 Å². The zero-order chi connectivity index (χ0) is 17.6. The Bertz CT molecular complexity index is 893. The third kappa shape index (κ3) is 4.33. The molecule has 1 heterocycles. The SMILES string of the molecule is C=CCOc1ccc(/C=C(\CC(=O)O)c2nc3ccccc3s2)cc1. The number of aliphatic carboxylic acids is 1. The summed E-state index contributed by atoms with van der Waals surface area (Å²) in [5.74, 6) is -0.131. The van der Waals surface area contributed by atoms with E-state index in [2.05, 4.69) is 11.6 Å². The highest BCUT2D eigenvalue weighted by Crippen LogP contribution is 2.30. The first-order chi connectivity index (χ1) is 12.2. The van der Waals surface area contributed by atoms with Crippen LogP contribution in [0.5, 0.6) is 5.75 Å². The van der Waals surface area contributed by atoms with Gasteiger partial charge in [-0.05, 0) is 41.5 Å². The fourth-order valence-corrected chi connectivity index (χ4v) is 3.36. The van der Waals surface area contributed by atoms with Crippen LogP contribution in [0.15, 0.2) is 61.2 Å². The van der Waals surface area contributed by atoms with Gasteiger partial charge in [0.1, 0.15) is 17.4 Å². The van der Waals surface area contributed by atoms with Crippen LogP contribution in [0.1, 0.15) is 17.0 Å². The Morgan fingerprint density at radius 3 is 2.64 bits per heavy atom. The van der Waals surface area contributed by atoms with Crippen molar-refractivity contribution < 1.29 is 14.6 Å². The number of nitrogens with zero attached hydrogens (tertiary/aromatic N) is 1. The van der Waals surface area contributed by atoms with Gasteiger partial charge in [-0.1, -0.05) is 36.9 Å². The Hall–Kier alpha value is -2.92. The Morgan fingerprint density at radius 2 is 1.96 bits per heavy atom. The van der Waals surface area contributed by atoms with Gasteiger partial charge in [0, 0.05) is 0 Å². The van der Waals surface area contributed by atoms with Crippen molar-refractivity contribution in [3.63, 3.8) is 0 Å². The van der Waals surface area contributed by atoms with Crippen LogP contribution in [-0.2, 0) is 4.79 Å². The highest BCUT2D eigenvalue weighted by atomic mass is 32.1. The smallest absolute Gasteiger partial charge is 0.307 e. The minimum atomic E-state index is -0.878. The molecule has 0 unspecified atom stereocenters. The summed E-state index contributed by atoms with van der Waals surface area (Å²) in [5, 5.41) is 9.98. The van der Waals surface area contributed by atoms with Crippen molar-refractivity contribution in [2.75, 3.05) is 6.61 Å². The Kier molecular flexibility index (Phi) is 5.26. The van der Waals surface area contributed by atoms with E-state index in [0.717, 1.165) is 26.5 Å². The summed E-state index contributed by atoms with van der Waals surface area (Å²) in [6.45, 7) is 4.07. The van der Waals surface area contributed by atoms with Crippen molar-refractivity contribution >= 4 is 39.2 Å². The molecule has 1 N–H and O–H groups in total. The standard InChI is InChI=1S/C20H17NO3S/c1-2-11-24-16-9-7-14(8-10-16)12-15(13-19(22)23)20-21-17-5-3-4-6-18(17)25-20/h2-10,12H,1,11,13H2,(H,22,23)/b15-12+. The van der Waals surface area contributed by atoms with Crippen molar-refractivity contribution in [1.82, 2.24) is 4.98 Å². The summed E-state index contributed by atoms with van der Waals surface area (Å²) >= 11 is 1.50. The molecule has 0 atom stereocenters. The van der Waals surface area contributed by atoms with Gasteiger partial charge in [0.15, 0.2) is 0 Å². The van der Waals surface area contributed by atoms with Crippen LogP contribution in [0.25, 0.3) is 21.9 Å². The van der Waals surface area contributed by atoms with E-state index in [-0.39, 0.29) is 6.42 Å². The average Bonchev–Trinajstić information content (AvgIpc) is 3.04. The number of fused-ring (bicyclic) bond motifs is 1. The fourth-order valence-electron chi connectivity index (χ4n) is 2.38. The molecule has 1 aromatic heterocycles. The fraction of sp³-hybridized carbons (Fsp3) is 0.100. The number of thiazole rings is 1. The van der Waals surface area contributed by atoms with E-state index in [1.54, 1.807) is 6.08 Å².